The number of carbonyl (C=O) groups is 3. The van der Waals surface area contributed by atoms with Crippen molar-refractivity contribution < 1.29 is 23.9 Å². The van der Waals surface area contributed by atoms with Gasteiger partial charge in [0.2, 0.25) is 0 Å². The van der Waals surface area contributed by atoms with E-state index in [2.05, 4.69) is 23.7 Å². The first kappa shape index (κ1) is 19.2. The highest BCUT2D eigenvalue weighted by molar-refractivity contribution is 6.21. The summed E-state index contributed by atoms with van der Waals surface area (Å²) in [5, 5.41) is 0. The second kappa shape index (κ2) is 8.33. The van der Waals surface area contributed by atoms with Crippen LogP contribution in [0.4, 0.5) is 0 Å². The fraction of sp³-hybridized carbons (Fsp3) is 0.350. The zero-order valence-corrected chi connectivity index (χ0v) is 14.9. The zero-order valence-electron chi connectivity index (χ0n) is 14.9. The second-order valence-corrected chi connectivity index (χ2v) is 6.42. The minimum Gasteiger partial charge on any atom is -0.458 e. The molecule has 2 rings (SSSR count). The van der Waals surface area contributed by atoms with Crippen LogP contribution in [0.15, 0.2) is 24.3 Å². The summed E-state index contributed by atoms with van der Waals surface area (Å²) in [6, 6.07) is 6.65. The van der Waals surface area contributed by atoms with Crippen LogP contribution in [0, 0.1) is 23.7 Å². The van der Waals surface area contributed by atoms with Crippen LogP contribution in [0.25, 0.3) is 0 Å². The molecule has 1 aromatic rings. The van der Waals surface area contributed by atoms with Gasteiger partial charge in [0.05, 0.1) is 17.7 Å². The molecule has 6 heteroatoms. The molecule has 0 aromatic heterocycles. The Morgan fingerprint density at radius 3 is 2.19 bits per heavy atom. The van der Waals surface area contributed by atoms with Crippen LogP contribution in [-0.2, 0) is 14.3 Å². The van der Waals surface area contributed by atoms with Gasteiger partial charge in [0.15, 0.2) is 0 Å². The topological polar surface area (TPSA) is 72.9 Å². The second-order valence-electron chi connectivity index (χ2n) is 6.42. The molecule has 134 valence electrons. The van der Waals surface area contributed by atoms with Crippen molar-refractivity contribution in [2.45, 2.75) is 26.4 Å². The van der Waals surface area contributed by atoms with Crippen molar-refractivity contribution in [1.82, 2.24) is 4.90 Å². The highest BCUT2D eigenvalue weighted by Crippen LogP contribution is 2.21. The van der Waals surface area contributed by atoms with Crippen LogP contribution in [0.1, 0.15) is 41.5 Å². The molecule has 0 unspecified atom stereocenters. The van der Waals surface area contributed by atoms with E-state index in [1.54, 1.807) is 45.0 Å². The summed E-state index contributed by atoms with van der Waals surface area (Å²) >= 11 is 0. The lowest BCUT2D eigenvalue weighted by atomic mass is 10.1. The quantitative estimate of drug-likeness (QED) is 0.356. The van der Waals surface area contributed by atoms with Crippen LogP contribution < -0.4 is 0 Å². The maximum absolute atomic E-state index is 12.1. The number of rotatable bonds is 4. The maximum Gasteiger partial charge on any atom is 0.332 e. The smallest absolute Gasteiger partial charge is 0.332 e. The lowest BCUT2D eigenvalue weighted by Gasteiger charge is -2.19. The van der Waals surface area contributed by atoms with Gasteiger partial charge in [0.25, 0.3) is 11.8 Å². The summed E-state index contributed by atoms with van der Waals surface area (Å²) in [7, 11) is 0. The molecule has 26 heavy (non-hydrogen) atoms. The monoisotopic (exact) mass is 353 g/mol. The van der Waals surface area contributed by atoms with Gasteiger partial charge < -0.3 is 9.47 Å². The van der Waals surface area contributed by atoms with Crippen LogP contribution in [0.3, 0.4) is 0 Å². The molecule has 2 amide bonds. The third-order valence-corrected chi connectivity index (χ3v) is 3.17. The average Bonchev–Trinajstić information content (AvgIpc) is 2.80. The molecule has 0 N–H and O–H groups in total. The Hall–Kier alpha value is -3.09. The Morgan fingerprint density at radius 1 is 1.04 bits per heavy atom. The predicted molar refractivity (Wildman–Crippen MR) is 94.0 cm³/mol. The number of fused-ring (bicyclic) bond motifs is 1. The van der Waals surface area contributed by atoms with Crippen LogP contribution in [-0.4, -0.2) is 48.0 Å². The lowest BCUT2D eigenvalue weighted by Crippen LogP contribution is -2.29. The largest absolute Gasteiger partial charge is 0.458 e. The van der Waals surface area contributed by atoms with Gasteiger partial charge in [0.1, 0.15) is 18.8 Å². The molecular formula is C20H19NO5. The molecule has 0 atom stereocenters. The lowest BCUT2D eigenvalue weighted by molar-refractivity contribution is -0.159. The van der Waals surface area contributed by atoms with Gasteiger partial charge in [0, 0.05) is 0 Å². The van der Waals surface area contributed by atoms with Gasteiger partial charge in [-0.3, -0.25) is 14.5 Å². The van der Waals surface area contributed by atoms with Crippen molar-refractivity contribution in [3.63, 3.8) is 0 Å². The molecule has 0 bridgehead atoms. The number of imide groups is 1. The van der Waals surface area contributed by atoms with Gasteiger partial charge >= 0.3 is 5.97 Å². The predicted octanol–water partition coefficient (Wildman–Crippen LogP) is 1.65. The first-order valence-electron chi connectivity index (χ1n) is 8.00. The van der Waals surface area contributed by atoms with Gasteiger partial charge in [-0.05, 0) is 44.7 Å². The SMILES string of the molecule is CC(C)(C)OC(=O)COCC#CC#CCN1C(=O)c2ccccc2C1=O. The third kappa shape index (κ3) is 5.20. The van der Waals surface area contributed by atoms with Crippen molar-refractivity contribution in [3.8, 4) is 23.7 Å². The summed E-state index contributed by atoms with van der Waals surface area (Å²) < 4.78 is 10.1. The molecule has 0 radical (unpaired) electrons. The average molecular weight is 353 g/mol. The van der Waals surface area contributed by atoms with Crippen molar-refractivity contribution in [2.75, 3.05) is 19.8 Å². The van der Waals surface area contributed by atoms with Crippen molar-refractivity contribution in [1.29, 1.82) is 0 Å². The summed E-state index contributed by atoms with van der Waals surface area (Å²) in [5.74, 6) is 9.22. The van der Waals surface area contributed by atoms with Crippen LogP contribution >= 0.6 is 0 Å². The van der Waals surface area contributed by atoms with E-state index < -0.39 is 11.6 Å². The summed E-state index contributed by atoms with van der Waals surface area (Å²) in [4.78, 5) is 36.7. The number of ether oxygens (including phenoxy) is 2. The summed E-state index contributed by atoms with van der Waals surface area (Å²) in [6.45, 7) is 5.13. The zero-order chi connectivity index (χ0) is 19.2. The molecule has 0 saturated heterocycles. The van der Waals surface area contributed by atoms with Crippen LogP contribution in [0.5, 0.6) is 0 Å². The Morgan fingerprint density at radius 2 is 1.62 bits per heavy atom. The van der Waals surface area contributed by atoms with Crippen molar-refractivity contribution in [2.24, 2.45) is 0 Å². The van der Waals surface area contributed by atoms with E-state index in [0.29, 0.717) is 11.1 Å². The van der Waals surface area contributed by atoms with E-state index in [0.717, 1.165) is 4.90 Å². The number of carbonyl (C=O) groups excluding carboxylic acids is 3. The summed E-state index contributed by atoms with van der Waals surface area (Å²) in [6.07, 6.45) is 0. The minimum atomic E-state index is -0.554. The molecule has 1 heterocycles. The maximum atomic E-state index is 12.1. The number of amides is 2. The Balaban J connectivity index is 1.76. The third-order valence-electron chi connectivity index (χ3n) is 3.17. The van der Waals surface area contributed by atoms with E-state index in [1.165, 1.54) is 0 Å². The first-order chi connectivity index (χ1) is 12.3. The Bertz CT molecular complexity index is 808. The van der Waals surface area contributed by atoms with Gasteiger partial charge in [-0.25, -0.2) is 4.79 Å². The van der Waals surface area contributed by atoms with Crippen LogP contribution in [0.2, 0.25) is 0 Å². The number of benzene rings is 1. The highest BCUT2D eigenvalue weighted by atomic mass is 16.6. The molecule has 6 nitrogen and oxygen atoms in total. The molecule has 0 fully saturated rings. The number of esters is 1. The fourth-order valence-electron chi connectivity index (χ4n) is 2.18. The van der Waals surface area contributed by atoms with Gasteiger partial charge in [-0.1, -0.05) is 24.0 Å². The minimum absolute atomic E-state index is 0.0280. The van der Waals surface area contributed by atoms with Crippen molar-refractivity contribution >= 4 is 17.8 Å². The number of hydrogen-bond acceptors (Lipinski definition) is 5. The van der Waals surface area contributed by atoms with E-state index in [9.17, 15) is 14.4 Å². The van der Waals surface area contributed by atoms with Crippen molar-refractivity contribution in [3.05, 3.63) is 35.4 Å². The molecule has 0 saturated carbocycles. The molecule has 1 aromatic carbocycles. The van der Waals surface area contributed by atoms with E-state index in [1.807, 2.05) is 0 Å². The highest BCUT2D eigenvalue weighted by Gasteiger charge is 2.34. The standard InChI is InChI=1S/C20H19NO5/c1-20(2,3)26-17(22)14-25-13-9-5-4-8-12-21-18(23)15-10-6-7-11-16(15)19(21)24/h6-7,10-11H,12-14H2,1-3H3. The number of nitrogens with zero attached hydrogens (tertiary/aromatic N) is 1. The molecule has 1 aliphatic rings. The Kier molecular flexibility index (Phi) is 6.16. The Labute approximate surface area is 152 Å². The fourth-order valence-corrected chi connectivity index (χ4v) is 2.18. The van der Waals surface area contributed by atoms with E-state index in [4.69, 9.17) is 9.47 Å². The van der Waals surface area contributed by atoms with E-state index in [-0.39, 0.29) is 31.6 Å². The normalized spacial score (nSPS) is 12.7. The number of hydrogen-bond donors (Lipinski definition) is 0. The van der Waals surface area contributed by atoms with Gasteiger partial charge in [-0.2, -0.15) is 0 Å². The molecule has 0 spiro atoms. The first-order valence-corrected chi connectivity index (χ1v) is 8.00. The summed E-state index contributed by atoms with van der Waals surface area (Å²) in [5.41, 5.74) is 0.226. The van der Waals surface area contributed by atoms with E-state index >= 15 is 0 Å². The molecular weight excluding hydrogens is 334 g/mol. The molecule has 0 aliphatic carbocycles. The van der Waals surface area contributed by atoms with Gasteiger partial charge in [-0.15, -0.1) is 0 Å². The molecule has 1 aliphatic heterocycles.